The lowest BCUT2D eigenvalue weighted by Crippen LogP contribution is -2.09. The Morgan fingerprint density at radius 3 is 2.86 bits per heavy atom. The van der Waals surface area contributed by atoms with Gasteiger partial charge in [-0.3, -0.25) is 0 Å². The first kappa shape index (κ1) is 13.9. The number of aromatic nitrogens is 4. The van der Waals surface area contributed by atoms with Gasteiger partial charge in [0.1, 0.15) is 11.6 Å². The van der Waals surface area contributed by atoms with Gasteiger partial charge in [-0.2, -0.15) is 0 Å². The average molecular weight is 305 g/mol. The molecule has 5 nitrogen and oxygen atoms in total. The smallest absolute Gasteiger partial charge is 0.127 e. The first-order valence-corrected chi connectivity index (χ1v) is 7.26. The van der Waals surface area contributed by atoms with Gasteiger partial charge >= 0.3 is 0 Å². The summed E-state index contributed by atoms with van der Waals surface area (Å²) in [7, 11) is 1.67. The molecule has 1 unspecified atom stereocenters. The van der Waals surface area contributed by atoms with Crippen molar-refractivity contribution in [2.75, 3.05) is 7.11 Å². The molecule has 0 radical (unpaired) electrons. The molecule has 3 aromatic rings. The van der Waals surface area contributed by atoms with Gasteiger partial charge in [-0.05, 0) is 19.1 Å². The Balaban J connectivity index is 2.01. The molecule has 2 heterocycles. The highest BCUT2D eigenvalue weighted by atomic mass is 35.5. The van der Waals surface area contributed by atoms with Crippen LogP contribution in [0.4, 0.5) is 0 Å². The van der Waals surface area contributed by atoms with E-state index >= 15 is 0 Å². The molecule has 2 aromatic heterocycles. The second kappa shape index (κ2) is 5.77. The van der Waals surface area contributed by atoms with Gasteiger partial charge in [0.05, 0.1) is 29.8 Å². The molecule has 0 aliphatic rings. The van der Waals surface area contributed by atoms with Crippen LogP contribution in [0.15, 0.2) is 36.9 Å². The van der Waals surface area contributed by atoms with Crippen molar-refractivity contribution in [1.29, 1.82) is 0 Å². The molecule has 110 valence electrons. The third-order valence-electron chi connectivity index (χ3n) is 3.48. The number of fused-ring (bicyclic) bond motifs is 1. The standard InChI is InChI=1S/C15H17ClN4O/c1-11(16)15-18-13-4-3-12(21-2)9-14(13)20(15)8-7-19-6-5-17-10-19/h3-6,9-11H,7-8H2,1-2H3. The van der Waals surface area contributed by atoms with Gasteiger partial charge in [0.25, 0.3) is 0 Å². The first-order chi connectivity index (χ1) is 10.2. The lowest BCUT2D eigenvalue weighted by molar-refractivity contribution is 0.415. The van der Waals surface area contributed by atoms with Gasteiger partial charge in [0.2, 0.25) is 0 Å². The van der Waals surface area contributed by atoms with Crippen molar-refractivity contribution in [3.05, 3.63) is 42.7 Å². The van der Waals surface area contributed by atoms with Crippen molar-refractivity contribution in [2.45, 2.75) is 25.4 Å². The van der Waals surface area contributed by atoms with Crippen molar-refractivity contribution < 1.29 is 4.74 Å². The fourth-order valence-electron chi connectivity index (χ4n) is 2.42. The number of alkyl halides is 1. The highest BCUT2D eigenvalue weighted by molar-refractivity contribution is 6.20. The minimum absolute atomic E-state index is 0.147. The lowest BCUT2D eigenvalue weighted by Gasteiger charge is -2.11. The molecule has 0 saturated carbocycles. The number of nitrogens with zero attached hydrogens (tertiary/aromatic N) is 4. The minimum atomic E-state index is -0.147. The van der Waals surface area contributed by atoms with Crippen LogP contribution in [0, 0.1) is 0 Å². The average Bonchev–Trinajstić information content (AvgIpc) is 3.11. The molecule has 0 bridgehead atoms. The van der Waals surface area contributed by atoms with Crippen LogP contribution in [0.3, 0.4) is 0 Å². The van der Waals surface area contributed by atoms with E-state index in [2.05, 4.69) is 14.5 Å². The zero-order valence-electron chi connectivity index (χ0n) is 12.0. The molecule has 6 heteroatoms. The zero-order chi connectivity index (χ0) is 14.8. The van der Waals surface area contributed by atoms with E-state index in [1.165, 1.54) is 0 Å². The third kappa shape index (κ3) is 2.74. The monoisotopic (exact) mass is 304 g/mol. The molecule has 1 atom stereocenters. The summed E-state index contributed by atoms with van der Waals surface area (Å²) in [5.74, 6) is 1.69. The maximum Gasteiger partial charge on any atom is 0.127 e. The number of ether oxygens (including phenoxy) is 1. The quantitative estimate of drug-likeness (QED) is 0.680. The Bertz CT molecular complexity index is 734. The van der Waals surface area contributed by atoms with E-state index in [-0.39, 0.29) is 5.38 Å². The van der Waals surface area contributed by atoms with Gasteiger partial charge in [0.15, 0.2) is 0 Å². The van der Waals surface area contributed by atoms with E-state index in [0.717, 1.165) is 35.7 Å². The first-order valence-electron chi connectivity index (χ1n) is 6.83. The Morgan fingerprint density at radius 1 is 1.33 bits per heavy atom. The molecule has 0 saturated heterocycles. The fraction of sp³-hybridized carbons (Fsp3) is 0.333. The van der Waals surface area contributed by atoms with Crippen LogP contribution in [-0.4, -0.2) is 26.2 Å². The number of hydrogen-bond donors (Lipinski definition) is 0. The molecule has 0 spiro atoms. The van der Waals surface area contributed by atoms with Gasteiger partial charge in [-0.15, -0.1) is 11.6 Å². The molecule has 0 amide bonds. The van der Waals surface area contributed by atoms with E-state index < -0.39 is 0 Å². The number of rotatable bonds is 5. The van der Waals surface area contributed by atoms with E-state index in [9.17, 15) is 0 Å². The maximum absolute atomic E-state index is 6.28. The summed E-state index contributed by atoms with van der Waals surface area (Å²) in [6.45, 7) is 3.54. The van der Waals surface area contributed by atoms with Crippen molar-refractivity contribution in [3.8, 4) is 5.75 Å². The lowest BCUT2D eigenvalue weighted by atomic mass is 10.3. The van der Waals surface area contributed by atoms with Gasteiger partial charge < -0.3 is 13.9 Å². The highest BCUT2D eigenvalue weighted by Crippen LogP contribution is 2.27. The molecular formula is C15H17ClN4O. The van der Waals surface area contributed by atoms with Gasteiger partial charge in [-0.25, -0.2) is 9.97 Å². The van der Waals surface area contributed by atoms with Crippen LogP contribution in [0.1, 0.15) is 18.1 Å². The van der Waals surface area contributed by atoms with Crippen LogP contribution in [0.2, 0.25) is 0 Å². The Kier molecular flexibility index (Phi) is 3.84. The predicted octanol–water partition coefficient (Wildman–Crippen LogP) is 3.24. The van der Waals surface area contributed by atoms with Crippen molar-refractivity contribution in [1.82, 2.24) is 19.1 Å². The predicted molar refractivity (Wildman–Crippen MR) is 82.8 cm³/mol. The summed E-state index contributed by atoms with van der Waals surface area (Å²) in [5.41, 5.74) is 1.97. The minimum Gasteiger partial charge on any atom is -0.497 e. The second-order valence-corrected chi connectivity index (χ2v) is 5.55. The van der Waals surface area contributed by atoms with Gasteiger partial charge in [-0.1, -0.05) is 0 Å². The number of aryl methyl sites for hydroxylation is 2. The third-order valence-corrected chi connectivity index (χ3v) is 3.68. The fourth-order valence-corrected chi connectivity index (χ4v) is 2.59. The molecular weight excluding hydrogens is 288 g/mol. The summed E-state index contributed by atoms with van der Waals surface area (Å²) in [6.07, 6.45) is 5.53. The molecule has 3 rings (SSSR count). The summed E-state index contributed by atoms with van der Waals surface area (Å²) < 4.78 is 9.49. The SMILES string of the molecule is COc1ccc2nc(C(C)Cl)n(CCn3ccnc3)c2c1. The van der Waals surface area contributed by atoms with Crippen LogP contribution < -0.4 is 4.74 Å². The van der Waals surface area contributed by atoms with Crippen molar-refractivity contribution >= 4 is 22.6 Å². The Hall–Kier alpha value is -2.01. The molecule has 0 aliphatic carbocycles. The largest absolute Gasteiger partial charge is 0.497 e. The maximum atomic E-state index is 6.28. The highest BCUT2D eigenvalue weighted by Gasteiger charge is 2.15. The number of imidazole rings is 2. The Labute approximate surface area is 128 Å². The van der Waals surface area contributed by atoms with Crippen LogP contribution in [0.25, 0.3) is 11.0 Å². The number of hydrogen-bond acceptors (Lipinski definition) is 3. The van der Waals surface area contributed by atoms with Crippen molar-refractivity contribution in [2.24, 2.45) is 0 Å². The molecule has 1 aromatic carbocycles. The molecule has 0 aliphatic heterocycles. The van der Waals surface area contributed by atoms with Crippen molar-refractivity contribution in [3.63, 3.8) is 0 Å². The van der Waals surface area contributed by atoms with Crippen LogP contribution in [0.5, 0.6) is 5.75 Å². The van der Waals surface area contributed by atoms with Crippen LogP contribution in [-0.2, 0) is 13.1 Å². The number of halogens is 1. The van der Waals surface area contributed by atoms with E-state index in [0.29, 0.717) is 0 Å². The summed E-state index contributed by atoms with van der Waals surface area (Å²) in [6, 6.07) is 5.88. The topological polar surface area (TPSA) is 44.9 Å². The molecule has 0 fully saturated rings. The zero-order valence-corrected chi connectivity index (χ0v) is 12.8. The van der Waals surface area contributed by atoms with Gasteiger partial charge in [0, 0.05) is 31.5 Å². The molecule has 21 heavy (non-hydrogen) atoms. The normalized spacial score (nSPS) is 12.7. The van der Waals surface area contributed by atoms with E-state index in [1.807, 2.05) is 42.2 Å². The number of benzene rings is 1. The molecule has 0 N–H and O–H groups in total. The summed E-state index contributed by atoms with van der Waals surface area (Å²) in [5, 5.41) is -0.147. The van der Waals surface area contributed by atoms with Crippen LogP contribution >= 0.6 is 11.6 Å². The van der Waals surface area contributed by atoms with E-state index in [4.69, 9.17) is 16.3 Å². The number of methoxy groups -OCH3 is 1. The van der Waals surface area contributed by atoms with E-state index in [1.54, 1.807) is 13.3 Å². The summed E-state index contributed by atoms with van der Waals surface area (Å²) >= 11 is 6.28. The summed E-state index contributed by atoms with van der Waals surface area (Å²) in [4.78, 5) is 8.70. The second-order valence-electron chi connectivity index (χ2n) is 4.89. The Morgan fingerprint density at radius 2 is 2.19 bits per heavy atom.